The van der Waals surface area contributed by atoms with Crippen LogP contribution in [0.1, 0.15) is 43.9 Å². The van der Waals surface area contributed by atoms with Crippen LogP contribution in [0.3, 0.4) is 0 Å². The van der Waals surface area contributed by atoms with Crippen LogP contribution >= 0.6 is 11.8 Å². The first-order valence-electron chi connectivity index (χ1n) is 6.65. The molecule has 1 atom stereocenters. The highest BCUT2D eigenvalue weighted by Crippen LogP contribution is 2.19. The van der Waals surface area contributed by atoms with Crippen molar-refractivity contribution in [3.8, 4) is 0 Å². The first-order valence-corrected chi connectivity index (χ1v) is 7.81. The molecular weight excluding hydrogens is 226 g/mol. The summed E-state index contributed by atoms with van der Waals surface area (Å²) >= 11 is 2.06. The number of thioether (sulfide) groups is 1. The third-order valence-electron chi connectivity index (χ3n) is 2.86. The molecule has 1 rings (SSSR count). The van der Waals surface area contributed by atoms with Crippen molar-refractivity contribution in [2.45, 2.75) is 39.7 Å². The van der Waals surface area contributed by atoms with Crippen molar-refractivity contribution in [1.29, 1.82) is 0 Å². The molecule has 1 nitrogen and oxygen atoms in total. The van der Waals surface area contributed by atoms with E-state index in [2.05, 4.69) is 62.1 Å². The Balaban J connectivity index is 2.49. The molecule has 96 valence electrons. The standard InChI is InChI=1S/C15H25NS/c1-4-6-11-17-12-15(16-5-2)14-9-7-13(3)8-10-14/h7-10,15-16H,4-6,11-12H2,1-3H3. The molecule has 0 fully saturated rings. The molecule has 0 aliphatic rings. The SMILES string of the molecule is CCCCSCC(NCC)c1ccc(C)cc1. The fourth-order valence-corrected chi connectivity index (χ4v) is 2.97. The van der Waals surface area contributed by atoms with E-state index in [-0.39, 0.29) is 0 Å². The summed E-state index contributed by atoms with van der Waals surface area (Å²) in [6.45, 7) is 7.61. The number of rotatable bonds is 8. The lowest BCUT2D eigenvalue weighted by atomic mass is 10.1. The van der Waals surface area contributed by atoms with Crippen molar-refractivity contribution in [3.63, 3.8) is 0 Å². The fraction of sp³-hybridized carbons (Fsp3) is 0.600. The van der Waals surface area contributed by atoms with Crippen LogP contribution in [0.2, 0.25) is 0 Å². The molecule has 17 heavy (non-hydrogen) atoms. The first-order chi connectivity index (χ1) is 8.27. The van der Waals surface area contributed by atoms with Crippen LogP contribution in [0.5, 0.6) is 0 Å². The van der Waals surface area contributed by atoms with E-state index in [0.29, 0.717) is 6.04 Å². The second kappa shape index (κ2) is 8.60. The monoisotopic (exact) mass is 251 g/mol. The molecule has 1 aromatic rings. The molecule has 0 saturated carbocycles. The van der Waals surface area contributed by atoms with E-state index in [1.165, 1.54) is 35.5 Å². The zero-order valence-electron chi connectivity index (χ0n) is 11.3. The number of benzene rings is 1. The summed E-state index contributed by atoms with van der Waals surface area (Å²) in [6.07, 6.45) is 2.63. The highest BCUT2D eigenvalue weighted by molar-refractivity contribution is 7.99. The van der Waals surface area contributed by atoms with Crippen LogP contribution in [-0.4, -0.2) is 18.1 Å². The van der Waals surface area contributed by atoms with Gasteiger partial charge >= 0.3 is 0 Å². The predicted molar refractivity (Wildman–Crippen MR) is 79.8 cm³/mol. The molecule has 0 radical (unpaired) electrons. The molecule has 1 N–H and O–H groups in total. The number of hydrogen-bond acceptors (Lipinski definition) is 2. The van der Waals surface area contributed by atoms with Gasteiger partial charge < -0.3 is 5.32 Å². The van der Waals surface area contributed by atoms with Crippen LogP contribution in [0.4, 0.5) is 0 Å². The minimum Gasteiger partial charge on any atom is -0.310 e. The maximum Gasteiger partial charge on any atom is 0.0411 e. The van der Waals surface area contributed by atoms with E-state index in [1.807, 2.05) is 0 Å². The Hall–Kier alpha value is -0.470. The Bertz CT molecular complexity index is 294. The van der Waals surface area contributed by atoms with Gasteiger partial charge in [0.05, 0.1) is 0 Å². The van der Waals surface area contributed by atoms with Gasteiger partial charge in [0.2, 0.25) is 0 Å². The van der Waals surface area contributed by atoms with Gasteiger partial charge in [0.1, 0.15) is 0 Å². The van der Waals surface area contributed by atoms with E-state index < -0.39 is 0 Å². The van der Waals surface area contributed by atoms with Crippen LogP contribution < -0.4 is 5.32 Å². The Morgan fingerprint density at radius 3 is 2.47 bits per heavy atom. The van der Waals surface area contributed by atoms with E-state index in [9.17, 15) is 0 Å². The highest BCUT2D eigenvalue weighted by Gasteiger charge is 2.09. The van der Waals surface area contributed by atoms with E-state index in [0.717, 1.165) is 6.54 Å². The van der Waals surface area contributed by atoms with Crippen molar-refractivity contribution in [3.05, 3.63) is 35.4 Å². The van der Waals surface area contributed by atoms with Gasteiger partial charge in [-0.15, -0.1) is 0 Å². The number of unbranched alkanes of at least 4 members (excludes halogenated alkanes) is 1. The lowest BCUT2D eigenvalue weighted by Gasteiger charge is -2.18. The largest absolute Gasteiger partial charge is 0.310 e. The summed E-state index contributed by atoms with van der Waals surface area (Å²) < 4.78 is 0. The molecule has 1 unspecified atom stereocenters. The summed E-state index contributed by atoms with van der Waals surface area (Å²) in [5.74, 6) is 2.46. The highest BCUT2D eigenvalue weighted by atomic mass is 32.2. The summed E-state index contributed by atoms with van der Waals surface area (Å²) in [5, 5.41) is 3.57. The third-order valence-corrected chi connectivity index (χ3v) is 4.00. The van der Waals surface area contributed by atoms with Gasteiger partial charge in [-0.1, -0.05) is 50.1 Å². The summed E-state index contributed by atoms with van der Waals surface area (Å²) in [4.78, 5) is 0. The van der Waals surface area contributed by atoms with Crippen LogP contribution in [0, 0.1) is 6.92 Å². The van der Waals surface area contributed by atoms with Crippen LogP contribution in [0.15, 0.2) is 24.3 Å². The van der Waals surface area contributed by atoms with Crippen LogP contribution in [-0.2, 0) is 0 Å². The lowest BCUT2D eigenvalue weighted by Crippen LogP contribution is -2.23. The predicted octanol–water partition coefficient (Wildman–Crippen LogP) is 4.18. The van der Waals surface area contributed by atoms with E-state index >= 15 is 0 Å². The Labute approximate surface area is 110 Å². The van der Waals surface area contributed by atoms with Gasteiger partial charge in [0, 0.05) is 11.8 Å². The van der Waals surface area contributed by atoms with Gasteiger partial charge in [-0.25, -0.2) is 0 Å². The number of hydrogen-bond donors (Lipinski definition) is 1. The van der Waals surface area contributed by atoms with Gasteiger partial charge in [0.15, 0.2) is 0 Å². The molecule has 0 bridgehead atoms. The maximum atomic E-state index is 3.57. The zero-order valence-corrected chi connectivity index (χ0v) is 12.1. The van der Waals surface area contributed by atoms with Gasteiger partial charge in [-0.05, 0) is 31.2 Å². The fourth-order valence-electron chi connectivity index (χ4n) is 1.77. The summed E-state index contributed by atoms with van der Waals surface area (Å²) in [7, 11) is 0. The minimum atomic E-state index is 0.502. The average Bonchev–Trinajstić information content (AvgIpc) is 2.34. The quantitative estimate of drug-likeness (QED) is 0.696. The molecule has 2 heteroatoms. The second-order valence-electron chi connectivity index (χ2n) is 4.45. The molecular formula is C15H25NS. The molecule has 1 aromatic carbocycles. The van der Waals surface area contributed by atoms with Crippen molar-refractivity contribution < 1.29 is 0 Å². The zero-order chi connectivity index (χ0) is 12.5. The Morgan fingerprint density at radius 2 is 1.88 bits per heavy atom. The summed E-state index contributed by atoms with van der Waals surface area (Å²) in [5.41, 5.74) is 2.75. The second-order valence-corrected chi connectivity index (χ2v) is 5.60. The molecule has 0 spiro atoms. The van der Waals surface area contributed by atoms with Crippen LogP contribution in [0.25, 0.3) is 0 Å². The van der Waals surface area contributed by atoms with Gasteiger partial charge in [-0.3, -0.25) is 0 Å². The molecule has 0 heterocycles. The van der Waals surface area contributed by atoms with E-state index in [4.69, 9.17) is 0 Å². The Morgan fingerprint density at radius 1 is 1.18 bits per heavy atom. The molecule has 0 saturated heterocycles. The van der Waals surface area contributed by atoms with Crippen molar-refractivity contribution in [1.82, 2.24) is 5.32 Å². The first kappa shape index (κ1) is 14.6. The summed E-state index contributed by atoms with van der Waals surface area (Å²) in [6, 6.07) is 9.42. The minimum absolute atomic E-state index is 0.502. The molecule has 0 aliphatic heterocycles. The van der Waals surface area contributed by atoms with Crippen molar-refractivity contribution in [2.75, 3.05) is 18.1 Å². The Kier molecular flexibility index (Phi) is 7.38. The third kappa shape index (κ3) is 5.60. The van der Waals surface area contributed by atoms with Gasteiger partial charge in [0.25, 0.3) is 0 Å². The smallest absolute Gasteiger partial charge is 0.0411 e. The molecule has 0 aliphatic carbocycles. The average molecular weight is 251 g/mol. The molecule has 0 aromatic heterocycles. The normalized spacial score (nSPS) is 12.6. The maximum absolute atomic E-state index is 3.57. The van der Waals surface area contributed by atoms with Crippen molar-refractivity contribution in [2.24, 2.45) is 0 Å². The van der Waals surface area contributed by atoms with Gasteiger partial charge in [-0.2, -0.15) is 11.8 Å². The van der Waals surface area contributed by atoms with Crippen molar-refractivity contribution >= 4 is 11.8 Å². The topological polar surface area (TPSA) is 12.0 Å². The number of nitrogens with one attached hydrogen (secondary N) is 1. The lowest BCUT2D eigenvalue weighted by molar-refractivity contribution is 0.605. The van der Waals surface area contributed by atoms with E-state index in [1.54, 1.807) is 0 Å². The molecule has 0 amide bonds. The number of aryl methyl sites for hydroxylation is 1.